The van der Waals surface area contributed by atoms with E-state index < -0.39 is 0 Å². The SMILES string of the molecule is O=C(CCc1ccc(Cl)cc1)c1cccnc1. The smallest absolute Gasteiger partial charge is 0.164 e. The van der Waals surface area contributed by atoms with Crippen molar-refractivity contribution < 1.29 is 4.79 Å². The monoisotopic (exact) mass is 245 g/mol. The maximum absolute atomic E-state index is 11.8. The third kappa shape index (κ3) is 3.40. The maximum Gasteiger partial charge on any atom is 0.164 e. The summed E-state index contributed by atoms with van der Waals surface area (Å²) in [5.74, 6) is 0.119. The zero-order chi connectivity index (χ0) is 12.1. The van der Waals surface area contributed by atoms with Crippen molar-refractivity contribution in [2.24, 2.45) is 0 Å². The van der Waals surface area contributed by atoms with E-state index in [9.17, 15) is 4.79 Å². The summed E-state index contributed by atoms with van der Waals surface area (Å²) in [6.07, 6.45) is 4.48. The van der Waals surface area contributed by atoms with Gasteiger partial charge in [0.25, 0.3) is 0 Å². The highest BCUT2D eigenvalue weighted by molar-refractivity contribution is 6.30. The molecule has 2 aromatic rings. The lowest BCUT2D eigenvalue weighted by molar-refractivity contribution is 0.0982. The molecule has 0 saturated heterocycles. The largest absolute Gasteiger partial charge is 0.294 e. The summed E-state index contributed by atoms with van der Waals surface area (Å²) in [7, 11) is 0. The maximum atomic E-state index is 11.8. The summed E-state index contributed by atoms with van der Waals surface area (Å²) in [4.78, 5) is 15.8. The number of aryl methyl sites for hydroxylation is 1. The Labute approximate surface area is 105 Å². The Morgan fingerprint density at radius 2 is 1.94 bits per heavy atom. The van der Waals surface area contributed by atoms with E-state index in [0.717, 1.165) is 12.0 Å². The first-order valence-electron chi connectivity index (χ1n) is 5.43. The van der Waals surface area contributed by atoms with Crippen molar-refractivity contribution in [2.45, 2.75) is 12.8 Å². The molecule has 0 aliphatic carbocycles. The van der Waals surface area contributed by atoms with Gasteiger partial charge in [0.05, 0.1) is 0 Å². The fourth-order valence-electron chi connectivity index (χ4n) is 1.58. The van der Waals surface area contributed by atoms with Crippen LogP contribution in [-0.4, -0.2) is 10.8 Å². The summed E-state index contributed by atoms with van der Waals surface area (Å²) in [5, 5.41) is 0.715. The Balaban J connectivity index is 1.95. The molecule has 0 saturated carbocycles. The van der Waals surface area contributed by atoms with Crippen molar-refractivity contribution >= 4 is 17.4 Å². The molecule has 0 amide bonds. The van der Waals surface area contributed by atoms with Gasteiger partial charge in [0.15, 0.2) is 5.78 Å². The number of hydrogen-bond acceptors (Lipinski definition) is 2. The Kier molecular flexibility index (Phi) is 3.89. The van der Waals surface area contributed by atoms with Crippen molar-refractivity contribution in [2.75, 3.05) is 0 Å². The van der Waals surface area contributed by atoms with Crippen LogP contribution >= 0.6 is 11.6 Å². The molecule has 3 heteroatoms. The number of Topliss-reactive ketones (excluding diaryl/α,β-unsaturated/α-hetero) is 1. The second-order valence-corrected chi connectivity index (χ2v) is 4.23. The minimum Gasteiger partial charge on any atom is -0.294 e. The third-order valence-corrected chi connectivity index (χ3v) is 2.79. The first-order chi connectivity index (χ1) is 8.25. The molecule has 2 rings (SSSR count). The van der Waals surface area contributed by atoms with E-state index in [-0.39, 0.29) is 5.78 Å². The average molecular weight is 246 g/mol. The number of aromatic nitrogens is 1. The fraction of sp³-hybridized carbons (Fsp3) is 0.143. The number of carbonyl (C=O) groups is 1. The molecule has 1 aromatic carbocycles. The zero-order valence-electron chi connectivity index (χ0n) is 9.27. The summed E-state index contributed by atoms with van der Waals surface area (Å²) in [6.45, 7) is 0. The Bertz CT molecular complexity index is 493. The lowest BCUT2D eigenvalue weighted by atomic mass is 10.0. The number of carbonyl (C=O) groups excluding carboxylic acids is 1. The molecule has 86 valence electrons. The molecule has 0 spiro atoms. The molecular formula is C14H12ClNO. The Morgan fingerprint density at radius 3 is 2.59 bits per heavy atom. The van der Waals surface area contributed by atoms with E-state index in [1.165, 1.54) is 0 Å². The van der Waals surface area contributed by atoms with Gasteiger partial charge in [-0.05, 0) is 36.2 Å². The van der Waals surface area contributed by atoms with Crippen LogP contribution in [0, 0.1) is 0 Å². The standard InChI is InChI=1S/C14H12ClNO/c15-13-6-3-11(4-7-13)5-8-14(17)12-2-1-9-16-10-12/h1-4,6-7,9-10H,5,8H2. The van der Waals surface area contributed by atoms with Gasteiger partial charge in [0, 0.05) is 29.4 Å². The van der Waals surface area contributed by atoms with Crippen LogP contribution in [-0.2, 0) is 6.42 Å². The van der Waals surface area contributed by atoms with Crippen molar-refractivity contribution in [3.63, 3.8) is 0 Å². The van der Waals surface area contributed by atoms with Gasteiger partial charge >= 0.3 is 0 Å². The molecule has 0 aliphatic heterocycles. The van der Waals surface area contributed by atoms with Crippen LogP contribution in [0.2, 0.25) is 5.02 Å². The van der Waals surface area contributed by atoms with Gasteiger partial charge in [-0.25, -0.2) is 0 Å². The topological polar surface area (TPSA) is 30.0 Å². The van der Waals surface area contributed by atoms with Crippen molar-refractivity contribution in [3.8, 4) is 0 Å². The van der Waals surface area contributed by atoms with Gasteiger partial charge in [-0.1, -0.05) is 23.7 Å². The van der Waals surface area contributed by atoms with Gasteiger partial charge in [-0.15, -0.1) is 0 Å². The summed E-state index contributed by atoms with van der Waals surface area (Å²) in [5.41, 5.74) is 1.79. The molecule has 0 N–H and O–H groups in total. The first kappa shape index (κ1) is 11.8. The van der Waals surface area contributed by atoms with Crippen LogP contribution in [0.4, 0.5) is 0 Å². The van der Waals surface area contributed by atoms with E-state index >= 15 is 0 Å². The third-order valence-electron chi connectivity index (χ3n) is 2.54. The molecule has 0 bridgehead atoms. The van der Waals surface area contributed by atoms with E-state index in [1.54, 1.807) is 24.5 Å². The highest BCUT2D eigenvalue weighted by atomic mass is 35.5. The lowest BCUT2D eigenvalue weighted by Gasteiger charge is -2.01. The molecule has 1 heterocycles. The molecule has 0 unspecified atom stereocenters. The minimum absolute atomic E-state index is 0.119. The van der Waals surface area contributed by atoms with Gasteiger partial charge in [0.1, 0.15) is 0 Å². The fourth-order valence-corrected chi connectivity index (χ4v) is 1.71. The van der Waals surface area contributed by atoms with Crippen LogP contribution < -0.4 is 0 Å². The number of rotatable bonds is 4. The average Bonchev–Trinajstić information content (AvgIpc) is 2.39. The molecular weight excluding hydrogens is 234 g/mol. The van der Waals surface area contributed by atoms with E-state index in [0.29, 0.717) is 17.0 Å². The van der Waals surface area contributed by atoms with Crippen molar-refractivity contribution in [1.82, 2.24) is 4.98 Å². The molecule has 2 nitrogen and oxygen atoms in total. The number of halogens is 1. The molecule has 0 fully saturated rings. The van der Waals surface area contributed by atoms with Crippen molar-refractivity contribution in [1.29, 1.82) is 0 Å². The minimum atomic E-state index is 0.119. The van der Waals surface area contributed by atoms with Gasteiger partial charge < -0.3 is 0 Å². The number of ketones is 1. The normalized spacial score (nSPS) is 10.2. The Hall–Kier alpha value is -1.67. The van der Waals surface area contributed by atoms with Gasteiger partial charge in [0.2, 0.25) is 0 Å². The number of nitrogens with zero attached hydrogens (tertiary/aromatic N) is 1. The van der Waals surface area contributed by atoms with Crippen LogP contribution in [0.1, 0.15) is 22.3 Å². The van der Waals surface area contributed by atoms with Crippen LogP contribution in [0.25, 0.3) is 0 Å². The summed E-state index contributed by atoms with van der Waals surface area (Å²) < 4.78 is 0. The molecule has 0 atom stereocenters. The summed E-state index contributed by atoms with van der Waals surface area (Å²) in [6, 6.07) is 11.1. The van der Waals surface area contributed by atoms with Crippen LogP contribution in [0.15, 0.2) is 48.8 Å². The highest BCUT2D eigenvalue weighted by Gasteiger charge is 2.05. The first-order valence-corrected chi connectivity index (χ1v) is 5.81. The molecule has 0 aliphatic rings. The highest BCUT2D eigenvalue weighted by Crippen LogP contribution is 2.12. The van der Waals surface area contributed by atoms with E-state index in [4.69, 9.17) is 11.6 Å². The molecule has 0 radical (unpaired) electrons. The summed E-state index contributed by atoms with van der Waals surface area (Å²) >= 11 is 5.80. The van der Waals surface area contributed by atoms with E-state index in [2.05, 4.69) is 4.98 Å². The second kappa shape index (κ2) is 5.60. The van der Waals surface area contributed by atoms with Crippen molar-refractivity contribution in [3.05, 3.63) is 64.9 Å². The van der Waals surface area contributed by atoms with Gasteiger partial charge in [-0.2, -0.15) is 0 Å². The lowest BCUT2D eigenvalue weighted by Crippen LogP contribution is -2.01. The van der Waals surface area contributed by atoms with Gasteiger partial charge in [-0.3, -0.25) is 9.78 Å². The molecule has 17 heavy (non-hydrogen) atoms. The quantitative estimate of drug-likeness (QED) is 0.771. The molecule has 1 aromatic heterocycles. The predicted octanol–water partition coefficient (Wildman–Crippen LogP) is 3.55. The van der Waals surface area contributed by atoms with E-state index in [1.807, 2.05) is 24.3 Å². The second-order valence-electron chi connectivity index (χ2n) is 3.79. The Morgan fingerprint density at radius 1 is 1.18 bits per heavy atom. The predicted molar refractivity (Wildman–Crippen MR) is 68.3 cm³/mol. The number of benzene rings is 1. The van der Waals surface area contributed by atoms with Crippen LogP contribution in [0.5, 0.6) is 0 Å². The number of hydrogen-bond donors (Lipinski definition) is 0. The van der Waals surface area contributed by atoms with Crippen LogP contribution in [0.3, 0.4) is 0 Å². The zero-order valence-corrected chi connectivity index (χ0v) is 10.0. The number of pyridine rings is 1.